The van der Waals surface area contributed by atoms with Crippen molar-refractivity contribution in [1.82, 2.24) is 0 Å². The summed E-state index contributed by atoms with van der Waals surface area (Å²) in [6, 6.07) is 2.28. The summed E-state index contributed by atoms with van der Waals surface area (Å²) in [5.41, 5.74) is -1.45. The fraction of sp³-hybridized carbons (Fsp3) is 0.455. The number of methoxy groups -OCH3 is 1. The van der Waals surface area contributed by atoms with Crippen LogP contribution in [0.3, 0.4) is 0 Å². The fourth-order valence-electron chi connectivity index (χ4n) is 1.45. The molecule has 0 spiro atoms. The molecule has 106 valence electrons. The SMILES string of the molecule is COCCCNc1cc(C(F)(F)F)ccc1[N+](=O)[O-]. The number of benzene rings is 1. The third-order valence-corrected chi connectivity index (χ3v) is 2.36. The van der Waals surface area contributed by atoms with Crippen molar-refractivity contribution >= 4 is 11.4 Å². The van der Waals surface area contributed by atoms with E-state index in [9.17, 15) is 23.3 Å². The van der Waals surface area contributed by atoms with Crippen LogP contribution in [-0.4, -0.2) is 25.2 Å². The van der Waals surface area contributed by atoms with E-state index >= 15 is 0 Å². The molecule has 19 heavy (non-hydrogen) atoms. The lowest BCUT2D eigenvalue weighted by molar-refractivity contribution is -0.384. The van der Waals surface area contributed by atoms with Crippen molar-refractivity contribution in [3.63, 3.8) is 0 Å². The summed E-state index contributed by atoms with van der Waals surface area (Å²) in [5.74, 6) is 0. The number of anilines is 1. The summed E-state index contributed by atoms with van der Waals surface area (Å²) >= 11 is 0. The van der Waals surface area contributed by atoms with Gasteiger partial charge in [0.15, 0.2) is 0 Å². The first-order valence-electron chi connectivity index (χ1n) is 5.44. The molecule has 0 saturated heterocycles. The molecule has 0 atom stereocenters. The topological polar surface area (TPSA) is 64.4 Å². The Labute approximate surface area is 107 Å². The highest BCUT2D eigenvalue weighted by Crippen LogP contribution is 2.34. The molecule has 0 unspecified atom stereocenters. The number of nitrogens with zero attached hydrogens (tertiary/aromatic N) is 1. The predicted octanol–water partition coefficient (Wildman–Crippen LogP) is 3.06. The molecule has 5 nitrogen and oxygen atoms in total. The molecule has 8 heteroatoms. The number of rotatable bonds is 6. The number of hydrogen-bond donors (Lipinski definition) is 1. The molecule has 0 aliphatic rings. The smallest absolute Gasteiger partial charge is 0.385 e. The summed E-state index contributed by atoms with van der Waals surface area (Å²) in [7, 11) is 1.49. The molecule has 0 saturated carbocycles. The van der Waals surface area contributed by atoms with Gasteiger partial charge in [-0.25, -0.2) is 0 Å². The number of halogens is 3. The highest BCUT2D eigenvalue weighted by atomic mass is 19.4. The second-order valence-corrected chi connectivity index (χ2v) is 3.76. The predicted molar refractivity (Wildman–Crippen MR) is 63.1 cm³/mol. The average Bonchev–Trinajstić information content (AvgIpc) is 2.33. The van der Waals surface area contributed by atoms with E-state index in [1.54, 1.807) is 0 Å². The van der Waals surface area contributed by atoms with Crippen LogP contribution in [0.5, 0.6) is 0 Å². The summed E-state index contributed by atoms with van der Waals surface area (Å²) in [5, 5.41) is 13.4. The van der Waals surface area contributed by atoms with Gasteiger partial charge in [0.2, 0.25) is 0 Å². The lowest BCUT2D eigenvalue weighted by Crippen LogP contribution is -2.10. The molecule has 0 heterocycles. The van der Waals surface area contributed by atoms with Crippen LogP contribution in [0.25, 0.3) is 0 Å². The van der Waals surface area contributed by atoms with E-state index in [0.29, 0.717) is 19.1 Å². The number of nitro benzene ring substituents is 1. The lowest BCUT2D eigenvalue weighted by Gasteiger charge is -2.11. The van der Waals surface area contributed by atoms with Gasteiger partial charge in [0.1, 0.15) is 5.69 Å². The van der Waals surface area contributed by atoms with Crippen LogP contribution < -0.4 is 5.32 Å². The Morgan fingerprint density at radius 2 is 2.11 bits per heavy atom. The Morgan fingerprint density at radius 1 is 1.42 bits per heavy atom. The first-order chi connectivity index (χ1) is 8.86. The van der Waals surface area contributed by atoms with E-state index in [2.05, 4.69) is 5.32 Å². The maximum Gasteiger partial charge on any atom is 0.416 e. The van der Waals surface area contributed by atoms with Gasteiger partial charge in [0, 0.05) is 26.3 Å². The highest BCUT2D eigenvalue weighted by Gasteiger charge is 2.32. The summed E-state index contributed by atoms with van der Waals surface area (Å²) in [4.78, 5) is 10.0. The van der Waals surface area contributed by atoms with E-state index in [1.165, 1.54) is 7.11 Å². The summed E-state index contributed by atoms with van der Waals surface area (Å²) in [6.45, 7) is 0.704. The van der Waals surface area contributed by atoms with Gasteiger partial charge in [-0.3, -0.25) is 10.1 Å². The van der Waals surface area contributed by atoms with Crippen LogP contribution in [0.4, 0.5) is 24.5 Å². The zero-order valence-electron chi connectivity index (χ0n) is 10.2. The average molecular weight is 278 g/mol. The molecular weight excluding hydrogens is 265 g/mol. The molecule has 1 aromatic rings. The molecule has 1 rings (SSSR count). The van der Waals surface area contributed by atoms with Gasteiger partial charge < -0.3 is 10.1 Å². The standard InChI is InChI=1S/C11H13F3N2O3/c1-19-6-2-5-15-9-7-8(11(12,13)14)3-4-10(9)16(17)18/h3-4,7,15H,2,5-6H2,1H3. The Hall–Kier alpha value is -1.83. The van der Waals surface area contributed by atoms with E-state index in [0.717, 1.165) is 12.1 Å². The minimum atomic E-state index is -4.53. The minimum absolute atomic E-state index is 0.143. The quantitative estimate of drug-likeness (QED) is 0.493. The number of hydrogen-bond acceptors (Lipinski definition) is 4. The van der Waals surface area contributed by atoms with Crippen LogP contribution >= 0.6 is 0 Å². The van der Waals surface area contributed by atoms with Crippen LogP contribution in [0.15, 0.2) is 18.2 Å². The first-order valence-corrected chi connectivity index (χ1v) is 5.44. The molecule has 0 fully saturated rings. The largest absolute Gasteiger partial charge is 0.416 e. The minimum Gasteiger partial charge on any atom is -0.385 e. The molecule has 0 amide bonds. The molecular formula is C11H13F3N2O3. The number of alkyl halides is 3. The monoisotopic (exact) mass is 278 g/mol. The maximum absolute atomic E-state index is 12.5. The second-order valence-electron chi connectivity index (χ2n) is 3.76. The normalized spacial score (nSPS) is 11.4. The van der Waals surface area contributed by atoms with Gasteiger partial charge in [-0.1, -0.05) is 0 Å². The molecule has 0 radical (unpaired) electrons. The van der Waals surface area contributed by atoms with Gasteiger partial charge in [-0.15, -0.1) is 0 Å². The van der Waals surface area contributed by atoms with Crippen molar-refractivity contribution in [3.8, 4) is 0 Å². The number of nitrogens with one attached hydrogen (secondary N) is 1. The van der Waals surface area contributed by atoms with Crippen molar-refractivity contribution in [2.24, 2.45) is 0 Å². The fourth-order valence-corrected chi connectivity index (χ4v) is 1.45. The Balaban J connectivity index is 2.93. The van der Waals surface area contributed by atoms with Gasteiger partial charge in [0.05, 0.1) is 10.5 Å². The zero-order chi connectivity index (χ0) is 14.5. The van der Waals surface area contributed by atoms with Crippen LogP contribution in [0, 0.1) is 10.1 Å². The van der Waals surface area contributed by atoms with E-state index < -0.39 is 16.7 Å². The van der Waals surface area contributed by atoms with E-state index in [1.807, 2.05) is 0 Å². The molecule has 0 aromatic heterocycles. The third kappa shape index (κ3) is 4.40. The summed E-state index contributed by atoms with van der Waals surface area (Å²) < 4.78 is 42.4. The van der Waals surface area contributed by atoms with Crippen molar-refractivity contribution in [1.29, 1.82) is 0 Å². The molecule has 0 aliphatic carbocycles. The second kappa shape index (κ2) is 6.37. The van der Waals surface area contributed by atoms with Crippen molar-refractivity contribution in [2.75, 3.05) is 25.6 Å². The summed E-state index contributed by atoms with van der Waals surface area (Å²) in [6.07, 6.45) is -4.00. The Kier molecular flexibility index (Phi) is 5.11. The molecule has 1 aromatic carbocycles. The van der Waals surface area contributed by atoms with Gasteiger partial charge in [0.25, 0.3) is 5.69 Å². The van der Waals surface area contributed by atoms with Gasteiger partial charge in [-0.2, -0.15) is 13.2 Å². The third-order valence-electron chi connectivity index (χ3n) is 2.36. The van der Waals surface area contributed by atoms with E-state index in [4.69, 9.17) is 4.74 Å². The van der Waals surface area contributed by atoms with Crippen molar-refractivity contribution in [3.05, 3.63) is 33.9 Å². The van der Waals surface area contributed by atoms with Crippen LogP contribution in [-0.2, 0) is 10.9 Å². The molecule has 0 aliphatic heterocycles. The zero-order valence-corrected chi connectivity index (χ0v) is 10.2. The van der Waals surface area contributed by atoms with Crippen LogP contribution in [0.1, 0.15) is 12.0 Å². The van der Waals surface area contributed by atoms with Gasteiger partial charge in [-0.05, 0) is 18.6 Å². The lowest BCUT2D eigenvalue weighted by atomic mass is 10.1. The Bertz CT molecular complexity index is 449. The van der Waals surface area contributed by atoms with Crippen molar-refractivity contribution in [2.45, 2.75) is 12.6 Å². The number of ether oxygens (including phenoxy) is 1. The maximum atomic E-state index is 12.5. The first kappa shape index (κ1) is 15.2. The Morgan fingerprint density at radius 3 is 2.63 bits per heavy atom. The molecule has 1 N–H and O–H groups in total. The molecule has 0 bridgehead atoms. The van der Waals surface area contributed by atoms with Crippen LogP contribution in [0.2, 0.25) is 0 Å². The number of nitro groups is 1. The van der Waals surface area contributed by atoms with Crippen molar-refractivity contribution < 1.29 is 22.8 Å². The van der Waals surface area contributed by atoms with Gasteiger partial charge >= 0.3 is 6.18 Å². The highest BCUT2D eigenvalue weighted by molar-refractivity contribution is 5.63. The van der Waals surface area contributed by atoms with E-state index in [-0.39, 0.29) is 17.9 Å².